The van der Waals surface area contributed by atoms with Gasteiger partial charge in [0.05, 0.1) is 12.8 Å². The molecule has 2 unspecified atom stereocenters. The largest absolute Gasteiger partial charge is 0.481 e. The Hall–Kier alpha value is -2.34. The zero-order chi connectivity index (χ0) is 18.6. The van der Waals surface area contributed by atoms with Crippen molar-refractivity contribution in [2.24, 2.45) is 0 Å². The zero-order valence-corrected chi connectivity index (χ0v) is 10.8. The summed E-state index contributed by atoms with van der Waals surface area (Å²) in [4.78, 5) is 41.7. The van der Waals surface area contributed by atoms with E-state index in [1.165, 1.54) is 0 Å². The average Bonchev–Trinajstić information content (AvgIpc) is 2.36. The first-order valence-corrected chi connectivity index (χ1v) is 5.47. The monoisotopic (exact) mass is 354 g/mol. The van der Waals surface area contributed by atoms with Crippen LogP contribution in [0.15, 0.2) is 0 Å². The van der Waals surface area contributed by atoms with Crippen molar-refractivity contribution < 1.29 is 60.5 Å². The lowest BCUT2D eigenvalue weighted by Gasteiger charge is -2.20. The van der Waals surface area contributed by atoms with Gasteiger partial charge in [0.2, 0.25) is 0 Å². The van der Waals surface area contributed by atoms with Gasteiger partial charge >= 0.3 is 35.7 Å². The molecule has 2 atom stereocenters. The van der Waals surface area contributed by atoms with Crippen LogP contribution in [-0.4, -0.2) is 58.3 Å². The van der Waals surface area contributed by atoms with Crippen molar-refractivity contribution in [1.82, 2.24) is 0 Å². The van der Waals surface area contributed by atoms with Crippen LogP contribution in [-0.2, 0) is 23.9 Å². The van der Waals surface area contributed by atoms with E-state index in [1.54, 1.807) is 0 Å². The molecule has 0 fully saturated rings. The molecule has 13 heteroatoms. The maximum absolute atomic E-state index is 13.0. The number of esters is 2. The van der Waals surface area contributed by atoms with E-state index >= 15 is 0 Å². The second-order valence-electron chi connectivity index (χ2n) is 4.05. The molecule has 0 heterocycles. The quantitative estimate of drug-likeness (QED) is 0.378. The lowest BCUT2D eigenvalue weighted by Crippen LogP contribution is -2.47. The predicted octanol–water partition coefficient (Wildman–Crippen LogP) is 0.952. The molecule has 0 amide bonds. The third-order valence-corrected chi connectivity index (χ3v) is 2.22. The Morgan fingerprint density at radius 1 is 0.783 bits per heavy atom. The summed E-state index contributed by atoms with van der Waals surface area (Å²) in [7, 11) is 0. The summed E-state index contributed by atoms with van der Waals surface area (Å²) in [5, 5.41) is 16.2. The highest BCUT2D eigenvalue weighted by atomic mass is 19.3. The summed E-state index contributed by atoms with van der Waals surface area (Å²) < 4.78 is 80.8. The Kier molecular flexibility index (Phi) is 6.54. The lowest BCUT2D eigenvalue weighted by molar-refractivity contribution is -0.203. The number of hydrogen-bond donors (Lipinski definition) is 2. The number of carboxylic acid groups (broad SMARTS) is 2. The summed E-state index contributed by atoms with van der Waals surface area (Å²) >= 11 is 0. The molecular weight excluding hydrogens is 346 g/mol. The molecule has 23 heavy (non-hydrogen) atoms. The SMILES string of the molecule is O=C(O)CC(F)C(F)(F)C(=O)OC(=O)C(F)(F)C(F)CC(=O)O. The molecule has 0 saturated carbocycles. The van der Waals surface area contributed by atoms with Gasteiger partial charge in [0.1, 0.15) is 0 Å². The highest BCUT2D eigenvalue weighted by Gasteiger charge is 2.56. The molecule has 0 aliphatic carbocycles. The smallest absolute Gasteiger partial charge is 0.388 e. The molecule has 0 aromatic carbocycles. The van der Waals surface area contributed by atoms with Gasteiger partial charge in [-0.25, -0.2) is 18.4 Å². The lowest BCUT2D eigenvalue weighted by atomic mass is 10.1. The summed E-state index contributed by atoms with van der Waals surface area (Å²) in [6.45, 7) is 0. The Morgan fingerprint density at radius 2 is 1.04 bits per heavy atom. The normalized spacial score (nSPS) is 14.7. The van der Waals surface area contributed by atoms with Crippen LogP contribution in [0.25, 0.3) is 0 Å². The van der Waals surface area contributed by atoms with Crippen molar-refractivity contribution in [2.75, 3.05) is 0 Å². The molecule has 0 saturated heterocycles. The summed E-state index contributed by atoms with van der Waals surface area (Å²) in [5.41, 5.74) is 0. The van der Waals surface area contributed by atoms with Crippen LogP contribution in [0.1, 0.15) is 12.8 Å². The van der Waals surface area contributed by atoms with Crippen molar-refractivity contribution >= 4 is 23.9 Å². The van der Waals surface area contributed by atoms with Gasteiger partial charge in [-0.05, 0) is 0 Å². The number of rotatable bonds is 8. The second-order valence-corrected chi connectivity index (χ2v) is 4.05. The summed E-state index contributed by atoms with van der Waals surface area (Å²) in [5.74, 6) is -21.1. The first-order valence-electron chi connectivity index (χ1n) is 5.47. The molecule has 0 aromatic rings. The van der Waals surface area contributed by atoms with Crippen LogP contribution < -0.4 is 0 Å². The van der Waals surface area contributed by atoms with E-state index in [9.17, 15) is 45.5 Å². The number of carbonyl (C=O) groups is 4. The number of halogens is 6. The van der Waals surface area contributed by atoms with Crippen molar-refractivity contribution in [3.63, 3.8) is 0 Å². The molecule has 2 N–H and O–H groups in total. The molecule has 0 rings (SSSR count). The van der Waals surface area contributed by atoms with Gasteiger partial charge < -0.3 is 14.9 Å². The van der Waals surface area contributed by atoms with Gasteiger partial charge in [0.15, 0.2) is 12.3 Å². The highest BCUT2D eigenvalue weighted by molar-refractivity contribution is 5.93. The number of alkyl halides is 6. The fourth-order valence-corrected chi connectivity index (χ4v) is 1.04. The van der Waals surface area contributed by atoms with Crippen molar-refractivity contribution in [3.05, 3.63) is 0 Å². The number of ether oxygens (including phenoxy) is 1. The zero-order valence-electron chi connectivity index (χ0n) is 10.8. The van der Waals surface area contributed by atoms with E-state index in [0.29, 0.717) is 0 Å². The van der Waals surface area contributed by atoms with Gasteiger partial charge in [-0.15, -0.1) is 0 Å². The number of carbonyl (C=O) groups excluding carboxylic acids is 2. The van der Waals surface area contributed by atoms with E-state index in [4.69, 9.17) is 10.2 Å². The Labute approximate surface area is 122 Å². The molecule has 0 aliphatic rings. The molecule has 132 valence electrons. The topological polar surface area (TPSA) is 118 Å². The van der Waals surface area contributed by atoms with Gasteiger partial charge in [-0.3, -0.25) is 9.59 Å². The van der Waals surface area contributed by atoms with E-state index in [0.717, 1.165) is 0 Å². The van der Waals surface area contributed by atoms with Gasteiger partial charge in [-0.2, -0.15) is 17.6 Å². The molecule has 0 aromatic heterocycles. The van der Waals surface area contributed by atoms with Gasteiger partial charge in [0, 0.05) is 0 Å². The fraction of sp³-hybridized carbons (Fsp3) is 0.600. The minimum atomic E-state index is -5.28. The number of carboxylic acids is 2. The van der Waals surface area contributed by atoms with E-state index in [-0.39, 0.29) is 0 Å². The van der Waals surface area contributed by atoms with Crippen LogP contribution in [0.2, 0.25) is 0 Å². The first kappa shape index (κ1) is 20.7. The molecular formula is C10H8F6O7. The Balaban J connectivity index is 5.04. The van der Waals surface area contributed by atoms with E-state index < -0.39 is 60.9 Å². The molecule has 0 spiro atoms. The maximum Gasteiger partial charge on any atom is 0.388 e. The molecule has 0 radical (unpaired) electrons. The third kappa shape index (κ3) is 5.41. The van der Waals surface area contributed by atoms with Crippen LogP contribution in [0.3, 0.4) is 0 Å². The number of hydrogen-bond acceptors (Lipinski definition) is 5. The van der Waals surface area contributed by atoms with Crippen LogP contribution in [0.4, 0.5) is 26.3 Å². The summed E-state index contributed by atoms with van der Waals surface area (Å²) in [6, 6.07) is 0. The van der Waals surface area contributed by atoms with Crippen molar-refractivity contribution in [3.8, 4) is 0 Å². The standard InChI is InChI=1S/C10H8F6O7/c11-3(1-5(17)18)9(13,14)7(21)23-8(22)10(15,16)4(12)2-6(19)20/h3-4H,1-2H2,(H,17,18)(H,19,20). The number of aliphatic carboxylic acids is 2. The minimum Gasteiger partial charge on any atom is -0.481 e. The Bertz CT molecular complexity index is 462. The summed E-state index contributed by atoms with van der Waals surface area (Å²) in [6.07, 6.45) is -11.2. The van der Waals surface area contributed by atoms with E-state index in [1.807, 2.05) is 0 Å². The minimum absolute atomic E-state index is 1.91. The van der Waals surface area contributed by atoms with Gasteiger partial charge in [0.25, 0.3) is 0 Å². The van der Waals surface area contributed by atoms with Crippen molar-refractivity contribution in [1.29, 1.82) is 0 Å². The molecule has 7 nitrogen and oxygen atoms in total. The molecule has 0 bridgehead atoms. The maximum atomic E-state index is 13.0. The third-order valence-electron chi connectivity index (χ3n) is 2.22. The predicted molar refractivity (Wildman–Crippen MR) is 55.3 cm³/mol. The van der Waals surface area contributed by atoms with E-state index in [2.05, 4.69) is 4.74 Å². The fourth-order valence-electron chi connectivity index (χ4n) is 1.04. The molecule has 0 aliphatic heterocycles. The van der Waals surface area contributed by atoms with Crippen LogP contribution in [0, 0.1) is 0 Å². The highest BCUT2D eigenvalue weighted by Crippen LogP contribution is 2.30. The first-order chi connectivity index (χ1) is 10.2. The Morgan fingerprint density at radius 3 is 1.26 bits per heavy atom. The second kappa shape index (κ2) is 7.28. The average molecular weight is 354 g/mol. The van der Waals surface area contributed by atoms with Crippen LogP contribution in [0.5, 0.6) is 0 Å². The van der Waals surface area contributed by atoms with Gasteiger partial charge in [-0.1, -0.05) is 0 Å². The van der Waals surface area contributed by atoms with Crippen LogP contribution >= 0.6 is 0 Å². The van der Waals surface area contributed by atoms with Crippen molar-refractivity contribution in [2.45, 2.75) is 37.0 Å².